The van der Waals surface area contributed by atoms with Crippen LogP contribution >= 0.6 is 11.6 Å². The highest BCUT2D eigenvalue weighted by atomic mass is 35.5. The lowest BCUT2D eigenvalue weighted by Crippen LogP contribution is -1.98. The molecule has 0 aliphatic rings. The standard InChI is InChI=1S/C8H9ClN2O/c1-11(12)8-4-6(5-10)2-3-7(8)9/h2-4H,1,5,10H2. The average Bonchev–Trinajstić information content (AvgIpc) is 2.05. The largest absolute Gasteiger partial charge is 0.619 e. The second-order valence-corrected chi connectivity index (χ2v) is 2.78. The molecule has 0 saturated carbocycles. The van der Waals surface area contributed by atoms with Gasteiger partial charge in [0.15, 0.2) is 0 Å². The van der Waals surface area contributed by atoms with E-state index in [1.807, 2.05) is 0 Å². The van der Waals surface area contributed by atoms with Gasteiger partial charge < -0.3 is 10.9 Å². The molecule has 64 valence electrons. The summed E-state index contributed by atoms with van der Waals surface area (Å²) in [5.41, 5.74) is 6.59. The maximum Gasteiger partial charge on any atom is 0.235 e. The van der Waals surface area contributed by atoms with E-state index in [9.17, 15) is 5.21 Å². The molecule has 1 aromatic rings. The Labute approximate surface area is 75.7 Å². The molecule has 0 aliphatic heterocycles. The summed E-state index contributed by atoms with van der Waals surface area (Å²) in [4.78, 5) is 0. The topological polar surface area (TPSA) is 52.1 Å². The molecular weight excluding hydrogens is 176 g/mol. The van der Waals surface area contributed by atoms with E-state index >= 15 is 0 Å². The van der Waals surface area contributed by atoms with Gasteiger partial charge in [-0.1, -0.05) is 17.7 Å². The Balaban J connectivity index is 3.17. The molecule has 12 heavy (non-hydrogen) atoms. The third-order valence-corrected chi connectivity index (χ3v) is 1.83. The molecule has 1 rings (SSSR count). The van der Waals surface area contributed by atoms with Gasteiger partial charge in [-0.2, -0.15) is 4.74 Å². The summed E-state index contributed by atoms with van der Waals surface area (Å²) < 4.78 is 0.474. The number of nitrogens with zero attached hydrogens (tertiary/aromatic N) is 1. The molecular formula is C8H9ClN2O. The van der Waals surface area contributed by atoms with Gasteiger partial charge in [-0.25, -0.2) is 0 Å². The zero-order valence-electron chi connectivity index (χ0n) is 6.46. The molecule has 1 aromatic carbocycles. The second kappa shape index (κ2) is 3.56. The van der Waals surface area contributed by atoms with E-state index in [0.717, 1.165) is 5.56 Å². The van der Waals surface area contributed by atoms with Crippen LogP contribution in [-0.4, -0.2) is 11.5 Å². The highest BCUT2D eigenvalue weighted by molar-refractivity contribution is 6.32. The lowest BCUT2D eigenvalue weighted by atomic mass is 10.2. The first-order valence-corrected chi connectivity index (χ1v) is 3.79. The highest BCUT2D eigenvalue weighted by Gasteiger charge is 2.06. The Kier molecular flexibility index (Phi) is 2.68. The first-order valence-electron chi connectivity index (χ1n) is 3.41. The predicted molar refractivity (Wildman–Crippen MR) is 49.8 cm³/mol. The molecule has 4 heteroatoms. The number of hydrogen-bond donors (Lipinski definition) is 1. The van der Waals surface area contributed by atoms with Crippen LogP contribution in [0.1, 0.15) is 5.56 Å². The Morgan fingerprint density at radius 1 is 1.58 bits per heavy atom. The van der Waals surface area contributed by atoms with Crippen molar-refractivity contribution in [3.63, 3.8) is 0 Å². The molecule has 3 nitrogen and oxygen atoms in total. The molecule has 0 spiro atoms. The van der Waals surface area contributed by atoms with Crippen molar-refractivity contribution in [3.05, 3.63) is 34.0 Å². The summed E-state index contributed by atoms with van der Waals surface area (Å²) in [6.07, 6.45) is 0. The van der Waals surface area contributed by atoms with E-state index < -0.39 is 0 Å². The first kappa shape index (κ1) is 9.03. The van der Waals surface area contributed by atoms with Crippen LogP contribution in [0.4, 0.5) is 5.69 Å². The van der Waals surface area contributed by atoms with E-state index in [-0.39, 0.29) is 0 Å². The Bertz CT molecular complexity index is 312. The van der Waals surface area contributed by atoms with Crippen LogP contribution in [0.25, 0.3) is 0 Å². The summed E-state index contributed by atoms with van der Waals surface area (Å²) in [5.74, 6) is 0. The van der Waals surface area contributed by atoms with Gasteiger partial charge in [0.05, 0.1) is 0 Å². The minimum atomic E-state index is 0.347. The second-order valence-electron chi connectivity index (χ2n) is 2.37. The zero-order valence-corrected chi connectivity index (χ0v) is 7.21. The maximum absolute atomic E-state index is 10.8. The van der Waals surface area contributed by atoms with Crippen molar-refractivity contribution >= 4 is 24.0 Å². The molecule has 0 unspecified atom stereocenters. The fraction of sp³-hybridized carbons (Fsp3) is 0.125. The number of benzene rings is 1. The Hall–Kier alpha value is -1.06. The number of nitrogens with two attached hydrogens (primary N) is 1. The van der Waals surface area contributed by atoms with Crippen molar-refractivity contribution in [1.29, 1.82) is 0 Å². The number of rotatable bonds is 2. The third kappa shape index (κ3) is 1.75. The lowest BCUT2D eigenvalue weighted by molar-refractivity contribution is -0.349. The molecule has 0 radical (unpaired) electrons. The summed E-state index contributed by atoms with van der Waals surface area (Å²) in [7, 11) is 0. The molecule has 0 fully saturated rings. The third-order valence-electron chi connectivity index (χ3n) is 1.51. The molecule has 0 aliphatic carbocycles. The van der Waals surface area contributed by atoms with Crippen LogP contribution in [0.15, 0.2) is 18.2 Å². The molecule has 0 saturated heterocycles. The van der Waals surface area contributed by atoms with E-state index in [1.165, 1.54) is 0 Å². The van der Waals surface area contributed by atoms with Crippen LogP contribution in [0.5, 0.6) is 0 Å². The quantitative estimate of drug-likeness (QED) is 0.329. The van der Waals surface area contributed by atoms with Gasteiger partial charge in [-0.15, -0.1) is 0 Å². The Morgan fingerprint density at radius 2 is 2.25 bits per heavy atom. The van der Waals surface area contributed by atoms with Crippen LogP contribution in [-0.2, 0) is 6.54 Å². The smallest absolute Gasteiger partial charge is 0.235 e. The fourth-order valence-corrected chi connectivity index (χ4v) is 1.09. The minimum absolute atomic E-state index is 0.347. The van der Waals surface area contributed by atoms with Crippen LogP contribution in [0, 0.1) is 5.21 Å². The summed E-state index contributed by atoms with van der Waals surface area (Å²) in [6, 6.07) is 5.03. The van der Waals surface area contributed by atoms with Crippen LogP contribution in [0.3, 0.4) is 0 Å². The van der Waals surface area contributed by atoms with Gasteiger partial charge in [0.1, 0.15) is 11.7 Å². The predicted octanol–water partition coefficient (Wildman–Crippen LogP) is 1.64. The number of hydrogen-bond acceptors (Lipinski definition) is 2. The van der Waals surface area contributed by atoms with E-state index in [0.29, 0.717) is 22.0 Å². The lowest BCUT2D eigenvalue weighted by Gasteiger charge is -2.04. The SMILES string of the molecule is C=[N+]([O-])c1cc(CN)ccc1Cl. The van der Waals surface area contributed by atoms with Crippen LogP contribution < -0.4 is 5.73 Å². The van der Waals surface area contributed by atoms with Crippen molar-refractivity contribution in [2.75, 3.05) is 0 Å². The Morgan fingerprint density at radius 3 is 2.75 bits per heavy atom. The first-order chi connectivity index (χ1) is 5.65. The summed E-state index contributed by atoms with van der Waals surface area (Å²) in [5, 5.41) is 11.2. The molecule has 2 N–H and O–H groups in total. The van der Waals surface area contributed by atoms with Gasteiger partial charge in [0, 0.05) is 12.6 Å². The molecule has 0 atom stereocenters. The fourth-order valence-electron chi connectivity index (χ4n) is 0.876. The molecule has 0 bridgehead atoms. The van der Waals surface area contributed by atoms with Gasteiger partial charge >= 0.3 is 0 Å². The summed E-state index contributed by atoms with van der Waals surface area (Å²) >= 11 is 5.73. The van der Waals surface area contributed by atoms with Crippen LogP contribution in [0.2, 0.25) is 5.02 Å². The minimum Gasteiger partial charge on any atom is -0.619 e. The van der Waals surface area contributed by atoms with E-state index in [1.54, 1.807) is 18.2 Å². The van der Waals surface area contributed by atoms with E-state index in [4.69, 9.17) is 17.3 Å². The van der Waals surface area contributed by atoms with Crippen molar-refractivity contribution < 1.29 is 4.74 Å². The average molecular weight is 185 g/mol. The zero-order chi connectivity index (χ0) is 9.14. The maximum atomic E-state index is 10.8. The summed E-state index contributed by atoms with van der Waals surface area (Å²) in [6.45, 7) is 3.58. The van der Waals surface area contributed by atoms with Gasteiger partial charge in [-0.3, -0.25) is 0 Å². The van der Waals surface area contributed by atoms with Crippen molar-refractivity contribution in [1.82, 2.24) is 0 Å². The molecule has 0 amide bonds. The number of halogens is 1. The van der Waals surface area contributed by atoms with Crippen molar-refractivity contribution in [2.45, 2.75) is 6.54 Å². The monoisotopic (exact) mass is 184 g/mol. The molecule has 0 aromatic heterocycles. The van der Waals surface area contributed by atoms with E-state index in [2.05, 4.69) is 6.72 Å². The van der Waals surface area contributed by atoms with Gasteiger partial charge in [0.25, 0.3) is 0 Å². The van der Waals surface area contributed by atoms with Gasteiger partial charge in [0.2, 0.25) is 5.69 Å². The normalized spacial score (nSPS) is 9.83. The van der Waals surface area contributed by atoms with Crippen molar-refractivity contribution in [3.8, 4) is 0 Å². The highest BCUT2D eigenvalue weighted by Crippen LogP contribution is 2.24. The molecule has 0 heterocycles. The van der Waals surface area contributed by atoms with Crippen molar-refractivity contribution in [2.24, 2.45) is 5.73 Å². The van der Waals surface area contributed by atoms with Gasteiger partial charge in [-0.05, 0) is 11.6 Å².